The molecule has 0 saturated carbocycles. The van der Waals surface area contributed by atoms with E-state index < -0.39 is 0 Å². The molecule has 2 aromatic rings. The number of aromatic nitrogens is 2. The molecule has 0 bridgehead atoms. The zero-order valence-electron chi connectivity index (χ0n) is 14.3. The fraction of sp³-hybridized carbons (Fsp3) is 0.550. The summed E-state index contributed by atoms with van der Waals surface area (Å²) in [6.45, 7) is 6.85. The number of imidazole rings is 1. The van der Waals surface area contributed by atoms with Crippen LogP contribution in [0.15, 0.2) is 42.7 Å². The number of nitrogens with zero attached hydrogens (tertiary/aromatic N) is 2. The molecule has 120 valence electrons. The summed E-state index contributed by atoms with van der Waals surface area (Å²) in [6.07, 6.45) is 13.3. The first-order valence-corrected chi connectivity index (χ1v) is 8.96. The molecule has 0 atom stereocenters. The second-order valence-corrected chi connectivity index (χ2v) is 6.15. The van der Waals surface area contributed by atoms with E-state index in [1.807, 2.05) is 0 Å². The minimum Gasteiger partial charge on any atom is -0.234 e. The summed E-state index contributed by atoms with van der Waals surface area (Å²) >= 11 is 0. The summed E-state index contributed by atoms with van der Waals surface area (Å²) < 4.78 is 4.94. The highest BCUT2D eigenvalue weighted by Gasteiger charge is 2.15. The van der Waals surface area contributed by atoms with E-state index in [9.17, 15) is 0 Å². The molecule has 2 rings (SSSR count). The Labute approximate surface area is 135 Å². The van der Waals surface area contributed by atoms with E-state index >= 15 is 0 Å². The van der Waals surface area contributed by atoms with Crippen molar-refractivity contribution in [2.24, 2.45) is 0 Å². The molecule has 1 heterocycles. The number of hydrogen-bond acceptors (Lipinski definition) is 0. The first-order valence-electron chi connectivity index (χ1n) is 8.96. The van der Waals surface area contributed by atoms with Gasteiger partial charge in [-0.2, -0.15) is 0 Å². The van der Waals surface area contributed by atoms with Gasteiger partial charge in [-0.15, -0.1) is 0 Å². The second kappa shape index (κ2) is 9.45. The Kier molecular flexibility index (Phi) is 7.21. The fourth-order valence-electron chi connectivity index (χ4n) is 3.05. The standard InChI is InChI=1S/C20H31N2/c1-3-5-9-15-21-17-18-22(20(21)11-4-2)16-10-14-19-12-7-6-8-13-19/h6-8,12-13,17-18H,3-5,9-11,14-16H2,1-2H3/q+1. The van der Waals surface area contributed by atoms with E-state index in [2.05, 4.69) is 65.7 Å². The van der Waals surface area contributed by atoms with Gasteiger partial charge in [0.25, 0.3) is 5.82 Å². The summed E-state index contributed by atoms with van der Waals surface area (Å²) in [5, 5.41) is 0. The summed E-state index contributed by atoms with van der Waals surface area (Å²) in [6, 6.07) is 10.8. The van der Waals surface area contributed by atoms with Crippen molar-refractivity contribution in [3.8, 4) is 0 Å². The highest BCUT2D eigenvalue weighted by Crippen LogP contribution is 2.06. The van der Waals surface area contributed by atoms with Crippen LogP contribution in [-0.4, -0.2) is 4.57 Å². The summed E-state index contributed by atoms with van der Waals surface area (Å²) in [7, 11) is 0. The van der Waals surface area contributed by atoms with Crippen molar-refractivity contribution >= 4 is 0 Å². The summed E-state index contributed by atoms with van der Waals surface area (Å²) in [5.74, 6) is 1.51. The first kappa shape index (κ1) is 16.8. The monoisotopic (exact) mass is 299 g/mol. The highest BCUT2D eigenvalue weighted by molar-refractivity contribution is 5.14. The van der Waals surface area contributed by atoms with Crippen LogP contribution in [-0.2, 0) is 25.9 Å². The van der Waals surface area contributed by atoms with Crippen LogP contribution in [0.5, 0.6) is 0 Å². The Morgan fingerprint density at radius 1 is 0.909 bits per heavy atom. The predicted octanol–water partition coefficient (Wildman–Crippen LogP) is 4.55. The van der Waals surface area contributed by atoms with Crippen molar-refractivity contribution in [3.63, 3.8) is 0 Å². The maximum absolute atomic E-state index is 2.47. The number of aryl methyl sites for hydroxylation is 3. The van der Waals surface area contributed by atoms with Crippen molar-refractivity contribution < 1.29 is 4.57 Å². The van der Waals surface area contributed by atoms with Crippen LogP contribution in [0.4, 0.5) is 0 Å². The van der Waals surface area contributed by atoms with E-state index in [0.717, 1.165) is 6.54 Å². The molecule has 0 amide bonds. The predicted molar refractivity (Wildman–Crippen MR) is 92.9 cm³/mol. The first-order chi connectivity index (χ1) is 10.8. The Hall–Kier alpha value is -1.57. The van der Waals surface area contributed by atoms with Gasteiger partial charge in [0.15, 0.2) is 0 Å². The van der Waals surface area contributed by atoms with Gasteiger partial charge in [0.2, 0.25) is 0 Å². The minimum atomic E-state index is 1.13. The fourth-order valence-corrected chi connectivity index (χ4v) is 3.05. The zero-order valence-corrected chi connectivity index (χ0v) is 14.3. The lowest BCUT2D eigenvalue weighted by molar-refractivity contribution is -0.704. The van der Waals surface area contributed by atoms with E-state index in [4.69, 9.17) is 0 Å². The highest BCUT2D eigenvalue weighted by atomic mass is 15.1. The van der Waals surface area contributed by atoms with Crippen molar-refractivity contribution in [2.45, 2.75) is 71.9 Å². The van der Waals surface area contributed by atoms with Gasteiger partial charge in [-0.25, -0.2) is 9.13 Å². The van der Waals surface area contributed by atoms with Gasteiger partial charge < -0.3 is 0 Å². The number of benzene rings is 1. The van der Waals surface area contributed by atoms with E-state index in [-0.39, 0.29) is 0 Å². The Morgan fingerprint density at radius 3 is 2.45 bits per heavy atom. The van der Waals surface area contributed by atoms with Gasteiger partial charge in [0.1, 0.15) is 12.4 Å². The minimum absolute atomic E-state index is 1.13. The Morgan fingerprint density at radius 2 is 1.73 bits per heavy atom. The zero-order chi connectivity index (χ0) is 15.6. The van der Waals surface area contributed by atoms with Crippen molar-refractivity contribution in [3.05, 3.63) is 54.1 Å². The third-order valence-corrected chi connectivity index (χ3v) is 4.27. The third kappa shape index (κ3) is 5.01. The molecule has 1 aromatic carbocycles. The van der Waals surface area contributed by atoms with Crippen LogP contribution in [0.1, 0.15) is 57.3 Å². The average molecular weight is 299 g/mol. The molecule has 0 aliphatic carbocycles. The van der Waals surface area contributed by atoms with Gasteiger partial charge in [-0.1, -0.05) is 50.6 Å². The quantitative estimate of drug-likeness (QED) is 0.449. The molecule has 0 radical (unpaired) electrons. The lowest BCUT2D eigenvalue weighted by atomic mass is 10.1. The van der Waals surface area contributed by atoms with E-state index in [0.29, 0.717) is 0 Å². The van der Waals surface area contributed by atoms with Crippen LogP contribution in [0.25, 0.3) is 0 Å². The molecule has 1 aromatic heterocycles. The van der Waals surface area contributed by atoms with Crippen LogP contribution in [0, 0.1) is 0 Å². The molecule has 0 aliphatic heterocycles. The molecule has 0 aliphatic rings. The molecule has 0 N–H and O–H groups in total. The third-order valence-electron chi connectivity index (χ3n) is 4.27. The van der Waals surface area contributed by atoms with E-state index in [1.54, 1.807) is 0 Å². The van der Waals surface area contributed by atoms with Crippen molar-refractivity contribution in [1.82, 2.24) is 4.57 Å². The van der Waals surface area contributed by atoms with Crippen LogP contribution in [0.2, 0.25) is 0 Å². The van der Waals surface area contributed by atoms with Crippen LogP contribution < -0.4 is 4.57 Å². The molecular formula is C20H31N2+. The SMILES string of the molecule is CCCCCn1cc[n+](CCCc2ccccc2)c1CCC. The maximum Gasteiger partial charge on any atom is 0.256 e. The lowest BCUT2D eigenvalue weighted by Crippen LogP contribution is -2.37. The molecule has 0 unspecified atom stereocenters. The van der Waals surface area contributed by atoms with E-state index in [1.165, 1.54) is 62.9 Å². The molecule has 22 heavy (non-hydrogen) atoms. The molecule has 0 fully saturated rings. The Bertz CT molecular complexity index is 528. The topological polar surface area (TPSA) is 8.81 Å². The molecular weight excluding hydrogens is 268 g/mol. The van der Waals surface area contributed by atoms with Gasteiger partial charge >= 0.3 is 0 Å². The smallest absolute Gasteiger partial charge is 0.234 e. The molecule has 0 saturated heterocycles. The normalized spacial score (nSPS) is 11.0. The van der Waals surface area contributed by atoms with Crippen LogP contribution >= 0.6 is 0 Å². The van der Waals surface area contributed by atoms with Crippen molar-refractivity contribution in [1.29, 1.82) is 0 Å². The average Bonchev–Trinajstić information content (AvgIpc) is 2.92. The molecule has 2 heteroatoms. The number of hydrogen-bond donors (Lipinski definition) is 0. The lowest BCUT2D eigenvalue weighted by Gasteiger charge is -2.05. The summed E-state index contributed by atoms with van der Waals surface area (Å²) in [5.41, 5.74) is 1.45. The molecule has 0 spiro atoms. The maximum atomic E-state index is 2.47. The number of unbranched alkanes of at least 4 members (excludes halogenated alkanes) is 2. The Balaban J connectivity index is 1.91. The number of rotatable bonds is 10. The largest absolute Gasteiger partial charge is 0.256 e. The van der Waals surface area contributed by atoms with Crippen molar-refractivity contribution in [2.75, 3.05) is 0 Å². The molecule has 2 nitrogen and oxygen atoms in total. The van der Waals surface area contributed by atoms with Gasteiger partial charge in [-0.05, 0) is 37.7 Å². The van der Waals surface area contributed by atoms with Crippen LogP contribution in [0.3, 0.4) is 0 Å². The van der Waals surface area contributed by atoms with Gasteiger partial charge in [-0.3, -0.25) is 0 Å². The summed E-state index contributed by atoms with van der Waals surface area (Å²) in [4.78, 5) is 0. The van der Waals surface area contributed by atoms with Gasteiger partial charge in [0, 0.05) is 6.42 Å². The second-order valence-electron chi connectivity index (χ2n) is 6.15. The van der Waals surface area contributed by atoms with Gasteiger partial charge in [0.05, 0.1) is 13.1 Å².